The van der Waals surface area contributed by atoms with Crippen LogP contribution in [0.4, 0.5) is 42.6 Å². The van der Waals surface area contributed by atoms with Gasteiger partial charge in [0.25, 0.3) is 0 Å². The van der Waals surface area contributed by atoms with E-state index in [0.717, 1.165) is 31.5 Å². The second-order valence-electron chi connectivity index (χ2n) is 7.10. The fourth-order valence-electron chi connectivity index (χ4n) is 3.01. The maximum atomic E-state index is 13.1. The summed E-state index contributed by atoms with van der Waals surface area (Å²) in [5, 5.41) is 7.54. The standard InChI is InChI=1S/C19H19F6N5O2.ClH/c20-18(21,22)12-3-4-14(32-10-11-2-1-5-26-7-11)13(6-12)29-17(31)30-16-9-27-15(8-28-16)19(23,24)25;/h3-4,6,8-9,11,26H,1-2,5,7,10H2,(H2,28,29,30,31);1H. The number of alkyl halides is 6. The van der Waals surface area contributed by atoms with Gasteiger partial charge in [-0.05, 0) is 37.6 Å². The van der Waals surface area contributed by atoms with Crippen molar-refractivity contribution in [3.05, 3.63) is 41.9 Å². The quantitative estimate of drug-likeness (QED) is 0.506. The molecule has 3 N–H and O–H groups in total. The van der Waals surface area contributed by atoms with E-state index in [1.165, 1.54) is 0 Å². The Hall–Kier alpha value is -2.80. The predicted molar refractivity (Wildman–Crippen MR) is 109 cm³/mol. The van der Waals surface area contributed by atoms with Crippen LogP contribution in [0.2, 0.25) is 0 Å². The summed E-state index contributed by atoms with van der Waals surface area (Å²) in [5.41, 5.74) is -2.51. The van der Waals surface area contributed by atoms with Crippen molar-refractivity contribution in [1.82, 2.24) is 15.3 Å². The van der Waals surface area contributed by atoms with E-state index in [1.54, 1.807) is 0 Å². The number of halogens is 7. The molecule has 0 bridgehead atoms. The number of nitrogens with one attached hydrogen (secondary N) is 3. The van der Waals surface area contributed by atoms with Gasteiger partial charge in [0, 0.05) is 12.5 Å². The summed E-state index contributed by atoms with van der Waals surface area (Å²) < 4.78 is 82.6. The SMILES string of the molecule is Cl.O=C(Nc1cnc(C(F)(F)F)cn1)Nc1cc(C(F)(F)F)ccc1OCC1CCCNC1. The van der Waals surface area contributed by atoms with Gasteiger partial charge in [-0.1, -0.05) is 0 Å². The van der Waals surface area contributed by atoms with Gasteiger partial charge in [0.1, 0.15) is 5.75 Å². The van der Waals surface area contributed by atoms with Crippen LogP contribution in [-0.2, 0) is 12.4 Å². The van der Waals surface area contributed by atoms with E-state index >= 15 is 0 Å². The lowest BCUT2D eigenvalue weighted by atomic mass is 10.0. The molecule has 182 valence electrons. The number of carbonyl (C=O) groups excluding carboxylic acids is 1. The molecule has 0 spiro atoms. The maximum absolute atomic E-state index is 13.1. The highest BCUT2D eigenvalue weighted by Gasteiger charge is 2.33. The van der Waals surface area contributed by atoms with Crippen LogP contribution < -0.4 is 20.7 Å². The average Bonchev–Trinajstić information content (AvgIpc) is 2.72. The Kier molecular flexibility index (Phi) is 8.72. The summed E-state index contributed by atoms with van der Waals surface area (Å²) in [6.07, 6.45) is -6.41. The lowest BCUT2D eigenvalue weighted by molar-refractivity contribution is -0.141. The van der Waals surface area contributed by atoms with Crippen molar-refractivity contribution in [2.24, 2.45) is 5.92 Å². The van der Waals surface area contributed by atoms with Crippen LogP contribution in [0, 0.1) is 5.92 Å². The number of urea groups is 1. The number of nitrogens with zero attached hydrogens (tertiary/aromatic N) is 2. The molecule has 2 aromatic rings. The van der Waals surface area contributed by atoms with E-state index in [9.17, 15) is 31.1 Å². The summed E-state index contributed by atoms with van der Waals surface area (Å²) in [5.74, 6) is -0.134. The van der Waals surface area contributed by atoms with Crippen LogP contribution in [0.25, 0.3) is 0 Å². The minimum absolute atomic E-state index is 0. The molecular formula is C19H20ClF6N5O2. The molecular weight excluding hydrogens is 480 g/mol. The normalized spacial score (nSPS) is 16.5. The van der Waals surface area contributed by atoms with E-state index in [2.05, 4.69) is 25.9 Å². The van der Waals surface area contributed by atoms with Crippen LogP contribution in [0.15, 0.2) is 30.6 Å². The lowest BCUT2D eigenvalue weighted by Gasteiger charge is -2.23. The molecule has 3 rings (SSSR count). The van der Waals surface area contributed by atoms with Crippen LogP contribution in [0.3, 0.4) is 0 Å². The summed E-state index contributed by atoms with van der Waals surface area (Å²) in [7, 11) is 0. The van der Waals surface area contributed by atoms with Gasteiger partial charge >= 0.3 is 18.4 Å². The number of benzene rings is 1. The molecule has 33 heavy (non-hydrogen) atoms. The highest BCUT2D eigenvalue weighted by Crippen LogP contribution is 2.35. The molecule has 1 unspecified atom stereocenters. The molecule has 2 heterocycles. The Balaban J connectivity index is 0.00000385. The van der Waals surface area contributed by atoms with Crippen molar-refractivity contribution in [3.8, 4) is 5.75 Å². The van der Waals surface area contributed by atoms with Crippen molar-refractivity contribution in [2.45, 2.75) is 25.2 Å². The molecule has 0 radical (unpaired) electrons. The molecule has 0 aliphatic carbocycles. The fraction of sp³-hybridized carbons (Fsp3) is 0.421. The Morgan fingerprint density at radius 2 is 1.85 bits per heavy atom. The number of piperidine rings is 1. The number of rotatable bonds is 5. The van der Waals surface area contributed by atoms with E-state index in [-0.39, 0.29) is 42.2 Å². The van der Waals surface area contributed by atoms with Crippen molar-refractivity contribution in [2.75, 3.05) is 30.3 Å². The van der Waals surface area contributed by atoms with Gasteiger partial charge in [-0.3, -0.25) is 5.32 Å². The molecule has 1 saturated heterocycles. The third-order valence-corrected chi connectivity index (χ3v) is 4.61. The van der Waals surface area contributed by atoms with Crippen LogP contribution in [0.5, 0.6) is 5.75 Å². The topological polar surface area (TPSA) is 88.2 Å². The Bertz CT molecular complexity index is 934. The second kappa shape index (κ2) is 10.9. The first-order chi connectivity index (χ1) is 15.0. The summed E-state index contributed by atoms with van der Waals surface area (Å²) in [6, 6.07) is 1.63. The average molecular weight is 500 g/mol. The first kappa shape index (κ1) is 26.5. The number of hydrogen-bond acceptors (Lipinski definition) is 5. The molecule has 1 aliphatic rings. The van der Waals surface area contributed by atoms with Gasteiger partial charge in [0.2, 0.25) is 0 Å². The monoisotopic (exact) mass is 499 g/mol. The minimum Gasteiger partial charge on any atom is -0.491 e. The molecule has 1 atom stereocenters. The van der Waals surface area contributed by atoms with E-state index in [1.807, 2.05) is 0 Å². The summed E-state index contributed by atoms with van der Waals surface area (Å²) in [4.78, 5) is 18.8. The van der Waals surface area contributed by atoms with Gasteiger partial charge in [0.05, 0.1) is 30.3 Å². The number of amides is 2. The van der Waals surface area contributed by atoms with Gasteiger partial charge in [0.15, 0.2) is 11.5 Å². The zero-order valence-electron chi connectivity index (χ0n) is 16.9. The van der Waals surface area contributed by atoms with E-state index < -0.39 is 29.6 Å². The van der Waals surface area contributed by atoms with Gasteiger partial charge in [-0.15, -0.1) is 12.4 Å². The zero-order chi connectivity index (χ0) is 23.4. The second-order valence-corrected chi connectivity index (χ2v) is 7.10. The molecule has 1 fully saturated rings. The smallest absolute Gasteiger partial charge is 0.434 e. The van der Waals surface area contributed by atoms with E-state index in [0.29, 0.717) is 25.0 Å². The van der Waals surface area contributed by atoms with Crippen LogP contribution in [-0.4, -0.2) is 35.7 Å². The summed E-state index contributed by atoms with van der Waals surface area (Å²) >= 11 is 0. The Labute approximate surface area is 190 Å². The number of hydrogen-bond donors (Lipinski definition) is 3. The zero-order valence-corrected chi connectivity index (χ0v) is 17.7. The Morgan fingerprint density at radius 1 is 1.09 bits per heavy atom. The predicted octanol–water partition coefficient (Wildman–Crippen LogP) is 4.96. The van der Waals surface area contributed by atoms with Crippen LogP contribution >= 0.6 is 12.4 Å². The molecule has 1 aliphatic heterocycles. The third-order valence-electron chi connectivity index (χ3n) is 4.61. The van der Waals surface area contributed by atoms with Gasteiger partial charge in [-0.25, -0.2) is 14.8 Å². The molecule has 1 aromatic heterocycles. The van der Waals surface area contributed by atoms with Crippen molar-refractivity contribution in [1.29, 1.82) is 0 Å². The highest BCUT2D eigenvalue weighted by molar-refractivity contribution is 6.00. The van der Waals surface area contributed by atoms with Gasteiger partial charge < -0.3 is 15.4 Å². The van der Waals surface area contributed by atoms with Crippen LogP contribution in [0.1, 0.15) is 24.1 Å². The maximum Gasteiger partial charge on any atom is 0.434 e. The molecule has 0 saturated carbocycles. The summed E-state index contributed by atoms with van der Waals surface area (Å²) in [6.45, 7) is 1.83. The van der Waals surface area contributed by atoms with E-state index in [4.69, 9.17) is 4.74 Å². The van der Waals surface area contributed by atoms with Gasteiger partial charge in [-0.2, -0.15) is 26.3 Å². The number of ether oxygens (including phenoxy) is 1. The molecule has 1 aromatic carbocycles. The first-order valence-electron chi connectivity index (χ1n) is 9.54. The lowest BCUT2D eigenvalue weighted by Crippen LogP contribution is -2.33. The molecule has 2 amide bonds. The third kappa shape index (κ3) is 7.63. The Morgan fingerprint density at radius 3 is 2.42 bits per heavy atom. The highest BCUT2D eigenvalue weighted by atomic mass is 35.5. The van der Waals surface area contributed by atoms with Crippen molar-refractivity contribution >= 4 is 29.9 Å². The molecule has 7 nitrogen and oxygen atoms in total. The number of anilines is 2. The number of carbonyl (C=O) groups is 1. The fourth-order valence-corrected chi connectivity index (χ4v) is 3.01. The minimum atomic E-state index is -4.70. The number of aromatic nitrogens is 2. The largest absolute Gasteiger partial charge is 0.491 e. The molecule has 14 heteroatoms. The van der Waals surface area contributed by atoms with Crippen molar-refractivity contribution in [3.63, 3.8) is 0 Å². The van der Waals surface area contributed by atoms with Crippen molar-refractivity contribution < 1.29 is 35.9 Å². The first-order valence-corrected chi connectivity index (χ1v) is 9.54.